The Morgan fingerprint density at radius 2 is 1.62 bits per heavy atom. The van der Waals surface area contributed by atoms with E-state index in [0.29, 0.717) is 25.3 Å². The number of carbonyl (C=O) groups excluding carboxylic acids is 2. The van der Waals surface area contributed by atoms with Crippen molar-refractivity contribution >= 4 is 11.8 Å². The van der Waals surface area contributed by atoms with E-state index in [4.69, 9.17) is 0 Å². The van der Waals surface area contributed by atoms with Crippen molar-refractivity contribution in [1.82, 2.24) is 36.6 Å². The van der Waals surface area contributed by atoms with Crippen LogP contribution in [-0.4, -0.2) is 44.5 Å². The zero-order valence-electron chi connectivity index (χ0n) is 20.6. The summed E-state index contributed by atoms with van der Waals surface area (Å²) in [5.41, 5.74) is 4.01. The first-order valence-corrected chi connectivity index (χ1v) is 12.2. The van der Waals surface area contributed by atoms with E-state index < -0.39 is 12.1 Å². The monoisotopic (exact) mass is 496 g/mol. The minimum absolute atomic E-state index is 0.211. The molecule has 0 bridgehead atoms. The maximum absolute atomic E-state index is 13.2. The van der Waals surface area contributed by atoms with Gasteiger partial charge in [0, 0.05) is 18.7 Å². The fourth-order valence-corrected chi connectivity index (χ4v) is 3.85. The molecular formula is C28H30N7O2. The average Bonchev–Trinajstić information content (AvgIpc) is 3.48. The number of H-pyrrole nitrogens is 1. The smallest absolute Gasteiger partial charge is 0.242 e. The van der Waals surface area contributed by atoms with Gasteiger partial charge in [-0.05, 0) is 52.9 Å². The first kappa shape index (κ1) is 25.7. The van der Waals surface area contributed by atoms with Crippen molar-refractivity contribution in [3.8, 4) is 11.4 Å². The van der Waals surface area contributed by atoms with Crippen LogP contribution < -0.4 is 16.0 Å². The molecule has 9 nitrogen and oxygen atoms in total. The zero-order valence-corrected chi connectivity index (χ0v) is 20.6. The average molecular weight is 497 g/mol. The molecule has 2 atom stereocenters. The van der Waals surface area contributed by atoms with Gasteiger partial charge in [0.05, 0.1) is 6.04 Å². The molecule has 0 unspecified atom stereocenters. The summed E-state index contributed by atoms with van der Waals surface area (Å²) in [5.74, 6) is 0.148. The van der Waals surface area contributed by atoms with Gasteiger partial charge in [-0.15, -0.1) is 5.10 Å². The molecule has 0 fully saturated rings. The van der Waals surface area contributed by atoms with Crippen LogP contribution in [0.15, 0.2) is 78.9 Å². The molecule has 0 saturated heterocycles. The fraction of sp³-hybridized carbons (Fsp3) is 0.250. The lowest BCUT2D eigenvalue weighted by molar-refractivity contribution is -0.129. The number of benzene rings is 3. The van der Waals surface area contributed by atoms with Gasteiger partial charge < -0.3 is 16.0 Å². The number of aryl methyl sites for hydroxylation is 1. The van der Waals surface area contributed by atoms with Crippen molar-refractivity contribution in [3.05, 3.63) is 102 Å². The molecule has 0 aliphatic carbocycles. The maximum Gasteiger partial charge on any atom is 0.242 e. The molecule has 0 aliphatic heterocycles. The summed E-state index contributed by atoms with van der Waals surface area (Å²) in [6.07, 6.45) is 1.32. The normalized spacial score (nSPS) is 12.5. The SMILES string of the molecule is C[C@H](NC(=O)[C@@H](CCc1ccccc1)NCc1ccc(-c2nnn[nH]2)cc1)C(=O)NCc1cc[c]cc1. The number of rotatable bonds is 12. The summed E-state index contributed by atoms with van der Waals surface area (Å²) in [4.78, 5) is 25.8. The van der Waals surface area contributed by atoms with Gasteiger partial charge in [0.2, 0.25) is 11.8 Å². The standard InChI is InChI=1S/C28H30N7O2/c1-20(27(36)30-19-22-10-6-3-7-11-22)31-28(37)25(17-14-21-8-4-2-5-9-21)29-18-23-12-15-24(16-13-23)26-32-34-35-33-26/h2,4-13,15-16,20,25,29H,14,17-19H2,1H3,(H,30,36)(H,31,37)(H,32,33,34,35)/t20-,25+/m0/s1. The van der Waals surface area contributed by atoms with Gasteiger partial charge in [-0.2, -0.15) is 0 Å². The molecule has 189 valence electrons. The third-order valence-electron chi connectivity index (χ3n) is 6.01. The van der Waals surface area contributed by atoms with Crippen molar-refractivity contribution in [2.45, 2.75) is 44.9 Å². The number of aromatic nitrogens is 4. The molecule has 1 heterocycles. The number of nitrogens with one attached hydrogen (secondary N) is 4. The van der Waals surface area contributed by atoms with Crippen LogP contribution in [0, 0.1) is 6.07 Å². The summed E-state index contributed by atoms with van der Waals surface area (Å²) in [6, 6.07) is 27.0. The third-order valence-corrected chi connectivity index (χ3v) is 6.01. The lowest BCUT2D eigenvalue weighted by atomic mass is 10.0. The van der Waals surface area contributed by atoms with E-state index in [9.17, 15) is 9.59 Å². The Kier molecular flexibility index (Phi) is 9.09. The van der Waals surface area contributed by atoms with Gasteiger partial charge in [0.15, 0.2) is 5.82 Å². The first-order valence-electron chi connectivity index (χ1n) is 12.2. The molecule has 0 saturated carbocycles. The van der Waals surface area contributed by atoms with Crippen molar-refractivity contribution < 1.29 is 9.59 Å². The van der Waals surface area contributed by atoms with Crippen LogP contribution in [0.25, 0.3) is 11.4 Å². The van der Waals surface area contributed by atoms with Gasteiger partial charge in [0.25, 0.3) is 0 Å². The van der Waals surface area contributed by atoms with E-state index in [-0.39, 0.29) is 11.8 Å². The molecule has 0 aliphatic rings. The Bertz CT molecular complexity index is 1250. The van der Waals surface area contributed by atoms with Crippen LogP contribution in [0.3, 0.4) is 0 Å². The van der Waals surface area contributed by atoms with Gasteiger partial charge in [-0.1, -0.05) is 78.9 Å². The number of hydrogen-bond acceptors (Lipinski definition) is 6. The summed E-state index contributed by atoms with van der Waals surface area (Å²) in [5, 5.41) is 23.0. The Morgan fingerprint density at radius 3 is 2.32 bits per heavy atom. The largest absolute Gasteiger partial charge is 0.350 e. The Morgan fingerprint density at radius 1 is 0.892 bits per heavy atom. The molecule has 9 heteroatoms. The highest BCUT2D eigenvalue weighted by atomic mass is 16.2. The fourth-order valence-electron chi connectivity index (χ4n) is 3.85. The van der Waals surface area contributed by atoms with Crippen LogP contribution in [0.4, 0.5) is 0 Å². The summed E-state index contributed by atoms with van der Waals surface area (Å²) in [7, 11) is 0. The highest BCUT2D eigenvalue weighted by molar-refractivity contribution is 5.89. The molecule has 37 heavy (non-hydrogen) atoms. The number of tetrazole rings is 1. The molecule has 1 radical (unpaired) electrons. The van der Waals surface area contributed by atoms with E-state index in [1.165, 1.54) is 0 Å². The Labute approximate surface area is 216 Å². The van der Waals surface area contributed by atoms with Crippen molar-refractivity contribution in [2.75, 3.05) is 0 Å². The molecule has 4 N–H and O–H groups in total. The Balaban J connectivity index is 1.35. The van der Waals surface area contributed by atoms with E-state index in [0.717, 1.165) is 28.7 Å². The number of carbonyl (C=O) groups is 2. The van der Waals surface area contributed by atoms with Crippen LogP contribution in [-0.2, 0) is 29.1 Å². The number of aromatic amines is 1. The number of hydrogen-bond donors (Lipinski definition) is 4. The Hall–Kier alpha value is -4.37. The van der Waals surface area contributed by atoms with Gasteiger partial charge in [-0.25, -0.2) is 5.10 Å². The van der Waals surface area contributed by atoms with Crippen LogP contribution in [0.1, 0.15) is 30.0 Å². The van der Waals surface area contributed by atoms with Crippen molar-refractivity contribution in [3.63, 3.8) is 0 Å². The highest BCUT2D eigenvalue weighted by Crippen LogP contribution is 2.14. The second kappa shape index (κ2) is 13.1. The van der Waals surface area contributed by atoms with Crippen molar-refractivity contribution in [1.29, 1.82) is 0 Å². The first-order chi connectivity index (χ1) is 18.1. The van der Waals surface area contributed by atoms with Gasteiger partial charge in [0.1, 0.15) is 6.04 Å². The van der Waals surface area contributed by atoms with Crippen LogP contribution >= 0.6 is 0 Å². The zero-order chi connectivity index (χ0) is 25.9. The van der Waals surface area contributed by atoms with E-state index >= 15 is 0 Å². The van der Waals surface area contributed by atoms with E-state index in [1.807, 2.05) is 66.7 Å². The number of amides is 2. The van der Waals surface area contributed by atoms with E-state index in [2.05, 4.69) is 42.6 Å². The second-order valence-corrected chi connectivity index (χ2v) is 8.76. The summed E-state index contributed by atoms with van der Waals surface area (Å²) in [6.45, 7) is 2.58. The predicted molar refractivity (Wildman–Crippen MR) is 140 cm³/mol. The lowest BCUT2D eigenvalue weighted by Crippen LogP contribution is -2.51. The minimum atomic E-state index is -0.668. The second-order valence-electron chi connectivity index (χ2n) is 8.76. The molecular weight excluding hydrogens is 466 g/mol. The molecule has 3 aromatic carbocycles. The third kappa shape index (κ3) is 7.81. The summed E-state index contributed by atoms with van der Waals surface area (Å²) < 4.78 is 0. The molecule has 1 aromatic heterocycles. The predicted octanol–water partition coefficient (Wildman–Crippen LogP) is 2.58. The van der Waals surface area contributed by atoms with Gasteiger partial charge in [-0.3, -0.25) is 9.59 Å². The molecule has 0 spiro atoms. The topological polar surface area (TPSA) is 125 Å². The van der Waals surface area contributed by atoms with Gasteiger partial charge >= 0.3 is 0 Å². The molecule has 2 amide bonds. The lowest BCUT2D eigenvalue weighted by Gasteiger charge is -2.21. The quantitative estimate of drug-likeness (QED) is 0.239. The molecule has 4 rings (SSSR count). The van der Waals surface area contributed by atoms with E-state index in [1.54, 1.807) is 19.1 Å². The maximum atomic E-state index is 13.2. The molecule has 4 aromatic rings. The number of nitrogens with zero attached hydrogens (tertiary/aromatic N) is 3. The summed E-state index contributed by atoms with van der Waals surface area (Å²) >= 11 is 0. The van der Waals surface area contributed by atoms with Crippen LogP contribution in [0.5, 0.6) is 0 Å². The van der Waals surface area contributed by atoms with Crippen LogP contribution in [0.2, 0.25) is 0 Å². The minimum Gasteiger partial charge on any atom is -0.350 e. The highest BCUT2D eigenvalue weighted by Gasteiger charge is 2.22. The van der Waals surface area contributed by atoms with Crippen molar-refractivity contribution in [2.24, 2.45) is 0 Å².